The lowest BCUT2D eigenvalue weighted by Crippen LogP contribution is -2.40. The quantitative estimate of drug-likeness (QED) is 0.825. The molecule has 3 N–H and O–H groups in total. The fourth-order valence-corrected chi connectivity index (χ4v) is 1.91. The zero-order valence-electron chi connectivity index (χ0n) is 12.4. The molecular weight excluding hydrogens is 288 g/mol. The Bertz CT molecular complexity index is 834. The number of aromatic nitrogens is 2. The Hall–Kier alpha value is -3.03. The Kier molecular flexibility index (Phi) is 4.02. The highest BCUT2D eigenvalue weighted by molar-refractivity contribution is 6.05. The molecule has 8 heteroatoms. The van der Waals surface area contributed by atoms with Crippen LogP contribution in [0.5, 0.6) is 5.75 Å². The molecular formula is C14H16N4O4. The van der Waals surface area contributed by atoms with Crippen molar-refractivity contribution in [1.29, 1.82) is 0 Å². The van der Waals surface area contributed by atoms with Gasteiger partial charge in [0.05, 0.1) is 7.11 Å². The van der Waals surface area contributed by atoms with Crippen LogP contribution in [0, 0.1) is 0 Å². The first-order valence-corrected chi connectivity index (χ1v) is 6.37. The molecule has 0 saturated heterocycles. The van der Waals surface area contributed by atoms with Gasteiger partial charge in [-0.15, -0.1) is 0 Å². The van der Waals surface area contributed by atoms with Crippen molar-refractivity contribution in [1.82, 2.24) is 9.13 Å². The minimum Gasteiger partial charge on any atom is -0.497 e. The summed E-state index contributed by atoms with van der Waals surface area (Å²) < 4.78 is 6.97. The predicted molar refractivity (Wildman–Crippen MR) is 82.3 cm³/mol. The number of methoxy groups -OCH3 is 1. The molecule has 8 nitrogen and oxygen atoms in total. The number of ether oxygens (including phenoxy) is 1. The molecule has 0 fully saturated rings. The Morgan fingerprint density at radius 1 is 1.14 bits per heavy atom. The third-order valence-electron chi connectivity index (χ3n) is 3.30. The number of carbonyl (C=O) groups is 1. The van der Waals surface area contributed by atoms with Crippen LogP contribution < -0.4 is 27.0 Å². The van der Waals surface area contributed by atoms with Crippen molar-refractivity contribution in [2.75, 3.05) is 18.2 Å². The number of rotatable bonds is 3. The molecule has 2 rings (SSSR count). The van der Waals surface area contributed by atoms with Crippen molar-refractivity contribution in [2.24, 2.45) is 14.1 Å². The standard InChI is InChI=1S/C14H16N4O4/c1-17-11(15)10(13(20)18(2)14(17)21)16-12(19)8-4-6-9(22-3)7-5-8/h4-7H,15H2,1-3H3,(H,16,19). The zero-order chi connectivity index (χ0) is 16.4. The van der Waals surface area contributed by atoms with Gasteiger partial charge < -0.3 is 15.8 Å². The summed E-state index contributed by atoms with van der Waals surface area (Å²) in [5.74, 6) is -0.00542. The smallest absolute Gasteiger partial charge is 0.332 e. The summed E-state index contributed by atoms with van der Waals surface area (Å²) in [5, 5.41) is 2.44. The van der Waals surface area contributed by atoms with E-state index < -0.39 is 17.2 Å². The van der Waals surface area contributed by atoms with Crippen molar-refractivity contribution >= 4 is 17.4 Å². The molecule has 116 valence electrons. The van der Waals surface area contributed by atoms with Crippen LogP contribution >= 0.6 is 0 Å². The Balaban J connectivity index is 2.40. The van der Waals surface area contributed by atoms with E-state index in [0.717, 1.165) is 9.13 Å². The number of nitrogen functional groups attached to an aromatic ring is 1. The summed E-state index contributed by atoms with van der Waals surface area (Å²) in [6.07, 6.45) is 0. The highest BCUT2D eigenvalue weighted by atomic mass is 16.5. The molecule has 0 spiro atoms. The molecule has 0 aliphatic heterocycles. The van der Waals surface area contributed by atoms with E-state index in [1.54, 1.807) is 24.3 Å². The Morgan fingerprint density at radius 3 is 2.27 bits per heavy atom. The monoisotopic (exact) mass is 304 g/mol. The molecule has 2 aromatic rings. The molecule has 0 atom stereocenters. The van der Waals surface area contributed by atoms with Crippen LogP contribution in [-0.2, 0) is 14.1 Å². The number of nitrogens with two attached hydrogens (primary N) is 1. The average Bonchev–Trinajstić information content (AvgIpc) is 2.55. The lowest BCUT2D eigenvalue weighted by Gasteiger charge is -2.12. The molecule has 1 aromatic carbocycles. The van der Waals surface area contributed by atoms with Gasteiger partial charge in [0.25, 0.3) is 11.5 Å². The third kappa shape index (κ3) is 2.58. The van der Waals surface area contributed by atoms with Crippen molar-refractivity contribution in [3.63, 3.8) is 0 Å². The second-order valence-electron chi connectivity index (χ2n) is 4.65. The van der Waals surface area contributed by atoms with Crippen LogP contribution in [0.4, 0.5) is 11.5 Å². The van der Waals surface area contributed by atoms with E-state index in [4.69, 9.17) is 10.5 Å². The first kappa shape index (κ1) is 15.4. The molecule has 0 radical (unpaired) electrons. The fraction of sp³-hybridized carbons (Fsp3) is 0.214. The molecule has 22 heavy (non-hydrogen) atoms. The second kappa shape index (κ2) is 5.76. The van der Waals surface area contributed by atoms with E-state index >= 15 is 0 Å². The molecule has 1 heterocycles. The summed E-state index contributed by atoms with van der Waals surface area (Å²) in [6.45, 7) is 0. The van der Waals surface area contributed by atoms with Gasteiger partial charge in [-0.2, -0.15) is 0 Å². The number of hydrogen-bond donors (Lipinski definition) is 2. The van der Waals surface area contributed by atoms with Gasteiger partial charge in [-0.3, -0.25) is 18.7 Å². The summed E-state index contributed by atoms with van der Waals surface area (Å²) in [5.41, 5.74) is 4.71. The zero-order valence-corrected chi connectivity index (χ0v) is 12.4. The number of carbonyl (C=O) groups excluding carboxylic acids is 1. The molecule has 1 amide bonds. The van der Waals surface area contributed by atoms with Crippen LogP contribution in [0.3, 0.4) is 0 Å². The highest BCUT2D eigenvalue weighted by Gasteiger charge is 2.16. The SMILES string of the molecule is COc1ccc(C(=O)Nc2c(N)n(C)c(=O)n(C)c2=O)cc1. The van der Waals surface area contributed by atoms with Crippen LogP contribution in [0.1, 0.15) is 10.4 Å². The summed E-state index contributed by atoms with van der Waals surface area (Å²) >= 11 is 0. The minimum absolute atomic E-state index is 0.102. The first-order valence-electron chi connectivity index (χ1n) is 6.37. The van der Waals surface area contributed by atoms with Gasteiger partial charge in [0.15, 0.2) is 0 Å². The molecule has 0 aliphatic rings. The topological polar surface area (TPSA) is 108 Å². The second-order valence-corrected chi connectivity index (χ2v) is 4.65. The van der Waals surface area contributed by atoms with Crippen LogP contribution in [0.2, 0.25) is 0 Å². The van der Waals surface area contributed by atoms with Crippen LogP contribution in [0.25, 0.3) is 0 Å². The molecule has 0 unspecified atom stereocenters. The maximum atomic E-state index is 12.2. The van der Waals surface area contributed by atoms with Crippen molar-refractivity contribution < 1.29 is 9.53 Å². The first-order chi connectivity index (χ1) is 10.4. The van der Waals surface area contributed by atoms with Crippen LogP contribution in [-0.4, -0.2) is 22.2 Å². The van der Waals surface area contributed by atoms with E-state index in [-0.39, 0.29) is 11.5 Å². The number of amides is 1. The summed E-state index contributed by atoms with van der Waals surface area (Å²) in [7, 11) is 4.25. The maximum Gasteiger partial charge on any atom is 0.332 e. The summed E-state index contributed by atoms with van der Waals surface area (Å²) in [6, 6.07) is 6.35. The third-order valence-corrected chi connectivity index (χ3v) is 3.30. The maximum absolute atomic E-state index is 12.2. The van der Waals surface area contributed by atoms with E-state index in [0.29, 0.717) is 11.3 Å². The Morgan fingerprint density at radius 2 is 1.73 bits per heavy atom. The predicted octanol–water partition coefficient (Wildman–Crippen LogP) is -0.0729. The van der Waals surface area contributed by atoms with Gasteiger partial charge in [-0.05, 0) is 24.3 Å². The number of nitrogens with one attached hydrogen (secondary N) is 1. The average molecular weight is 304 g/mol. The minimum atomic E-state index is -0.664. The molecule has 0 saturated carbocycles. The van der Waals surface area contributed by atoms with E-state index in [2.05, 4.69) is 5.32 Å². The lowest BCUT2D eigenvalue weighted by atomic mass is 10.2. The fourth-order valence-electron chi connectivity index (χ4n) is 1.91. The van der Waals surface area contributed by atoms with Crippen molar-refractivity contribution in [3.05, 3.63) is 50.7 Å². The van der Waals surface area contributed by atoms with Crippen molar-refractivity contribution in [2.45, 2.75) is 0 Å². The van der Waals surface area contributed by atoms with Crippen molar-refractivity contribution in [3.8, 4) is 5.75 Å². The molecule has 1 aromatic heterocycles. The normalized spacial score (nSPS) is 10.3. The largest absolute Gasteiger partial charge is 0.497 e. The molecule has 0 aliphatic carbocycles. The van der Waals surface area contributed by atoms with E-state index in [9.17, 15) is 14.4 Å². The Labute approximate surface area is 125 Å². The van der Waals surface area contributed by atoms with Gasteiger partial charge in [0, 0.05) is 19.7 Å². The highest BCUT2D eigenvalue weighted by Crippen LogP contribution is 2.14. The van der Waals surface area contributed by atoms with E-state index in [1.807, 2.05) is 0 Å². The van der Waals surface area contributed by atoms with E-state index in [1.165, 1.54) is 21.2 Å². The summed E-state index contributed by atoms with van der Waals surface area (Å²) in [4.78, 5) is 36.0. The number of anilines is 2. The lowest BCUT2D eigenvalue weighted by molar-refractivity contribution is 0.102. The molecule has 0 bridgehead atoms. The van der Waals surface area contributed by atoms with Crippen LogP contribution in [0.15, 0.2) is 33.9 Å². The van der Waals surface area contributed by atoms with Gasteiger partial charge in [0.2, 0.25) is 0 Å². The van der Waals surface area contributed by atoms with Gasteiger partial charge in [-0.25, -0.2) is 4.79 Å². The number of hydrogen-bond acceptors (Lipinski definition) is 5. The van der Waals surface area contributed by atoms with Gasteiger partial charge in [-0.1, -0.05) is 0 Å². The number of nitrogens with zero attached hydrogens (tertiary/aromatic N) is 2. The van der Waals surface area contributed by atoms with Gasteiger partial charge >= 0.3 is 5.69 Å². The number of benzene rings is 1. The van der Waals surface area contributed by atoms with Gasteiger partial charge in [0.1, 0.15) is 17.3 Å².